The van der Waals surface area contributed by atoms with Gasteiger partial charge in [0, 0.05) is 12.5 Å². The fourth-order valence-corrected chi connectivity index (χ4v) is 2.96. The zero-order valence-corrected chi connectivity index (χ0v) is 17.8. The quantitative estimate of drug-likeness (QED) is 0.785. The Labute approximate surface area is 173 Å². The molecule has 28 heavy (non-hydrogen) atoms. The van der Waals surface area contributed by atoms with Gasteiger partial charge in [-0.2, -0.15) is 0 Å². The van der Waals surface area contributed by atoms with Gasteiger partial charge in [-0.1, -0.05) is 50.0 Å². The van der Waals surface area contributed by atoms with E-state index in [0.29, 0.717) is 11.5 Å². The highest BCUT2D eigenvalue weighted by Crippen LogP contribution is 2.29. The second-order valence-electron chi connectivity index (χ2n) is 7.43. The average molecular weight is 425 g/mol. The molecule has 2 aromatic rings. The van der Waals surface area contributed by atoms with Crippen molar-refractivity contribution in [2.75, 3.05) is 18.9 Å². The van der Waals surface area contributed by atoms with Gasteiger partial charge in [0.05, 0.1) is 28.0 Å². The van der Waals surface area contributed by atoms with E-state index in [1.54, 1.807) is 25.1 Å². The van der Waals surface area contributed by atoms with Crippen molar-refractivity contribution in [1.82, 2.24) is 14.9 Å². The van der Waals surface area contributed by atoms with Crippen LogP contribution >= 0.6 is 23.2 Å². The van der Waals surface area contributed by atoms with Crippen LogP contribution in [-0.4, -0.2) is 40.3 Å². The number of amides is 2. The van der Waals surface area contributed by atoms with Crippen LogP contribution in [0.3, 0.4) is 0 Å². The van der Waals surface area contributed by atoms with Gasteiger partial charge in [0.25, 0.3) is 11.5 Å². The summed E-state index contributed by atoms with van der Waals surface area (Å²) in [6.07, 6.45) is 0. The summed E-state index contributed by atoms with van der Waals surface area (Å²) >= 11 is 12.1. The number of carbonyl (C=O) groups is 2. The Hall–Kier alpha value is -2.38. The number of likely N-dealkylation sites (N-methyl/N-ethyl adjacent to an activating group) is 1. The maximum atomic E-state index is 12.7. The number of H-pyrrole nitrogens is 1. The lowest BCUT2D eigenvalue weighted by Crippen LogP contribution is -2.39. The number of aryl methyl sites for hydroxylation is 1. The van der Waals surface area contributed by atoms with Crippen LogP contribution in [0.2, 0.25) is 10.0 Å². The Morgan fingerprint density at radius 1 is 1.21 bits per heavy atom. The van der Waals surface area contributed by atoms with Crippen molar-refractivity contribution in [3.05, 3.63) is 55.7 Å². The predicted octanol–water partition coefficient (Wildman–Crippen LogP) is 3.39. The predicted molar refractivity (Wildman–Crippen MR) is 110 cm³/mol. The molecule has 0 unspecified atom stereocenters. The van der Waals surface area contributed by atoms with Crippen molar-refractivity contribution < 1.29 is 9.59 Å². The Bertz CT molecular complexity index is 960. The molecule has 0 bridgehead atoms. The lowest BCUT2D eigenvalue weighted by atomic mass is 9.95. The van der Waals surface area contributed by atoms with Crippen LogP contribution in [0.4, 0.5) is 5.69 Å². The molecule has 2 N–H and O–H groups in total. The first-order chi connectivity index (χ1) is 12.9. The van der Waals surface area contributed by atoms with Crippen LogP contribution in [0.15, 0.2) is 23.0 Å². The van der Waals surface area contributed by atoms with Gasteiger partial charge in [-0.15, -0.1) is 0 Å². The number of rotatable bonds is 4. The SMILES string of the molecule is Cc1nc(C(C)(C)C)[nH]c(=O)c1C(=O)N(C)CC(=O)Nc1c(Cl)cccc1Cl. The normalized spacial score (nSPS) is 11.2. The topological polar surface area (TPSA) is 95.2 Å². The van der Waals surface area contributed by atoms with E-state index in [1.807, 2.05) is 20.8 Å². The highest BCUT2D eigenvalue weighted by atomic mass is 35.5. The molecule has 0 aliphatic heterocycles. The minimum atomic E-state index is -0.605. The molecule has 2 rings (SSSR count). The minimum Gasteiger partial charge on any atom is -0.332 e. The van der Waals surface area contributed by atoms with E-state index in [4.69, 9.17) is 23.2 Å². The maximum absolute atomic E-state index is 12.7. The molecule has 1 aromatic carbocycles. The van der Waals surface area contributed by atoms with E-state index in [-0.39, 0.29) is 33.3 Å². The van der Waals surface area contributed by atoms with Crippen LogP contribution in [0.1, 0.15) is 42.6 Å². The highest BCUT2D eigenvalue weighted by Gasteiger charge is 2.25. The van der Waals surface area contributed by atoms with Gasteiger partial charge in [0.2, 0.25) is 5.91 Å². The summed E-state index contributed by atoms with van der Waals surface area (Å²) < 4.78 is 0. The Balaban J connectivity index is 2.19. The van der Waals surface area contributed by atoms with Crippen molar-refractivity contribution in [2.24, 2.45) is 0 Å². The molecule has 0 fully saturated rings. The number of para-hydroxylation sites is 1. The Morgan fingerprint density at radius 3 is 2.29 bits per heavy atom. The van der Waals surface area contributed by atoms with E-state index < -0.39 is 17.4 Å². The summed E-state index contributed by atoms with van der Waals surface area (Å²) in [6.45, 7) is 7.02. The van der Waals surface area contributed by atoms with Crippen molar-refractivity contribution >= 4 is 40.7 Å². The van der Waals surface area contributed by atoms with Gasteiger partial charge in [-0.3, -0.25) is 14.4 Å². The largest absolute Gasteiger partial charge is 0.332 e. The molecule has 7 nitrogen and oxygen atoms in total. The monoisotopic (exact) mass is 424 g/mol. The molecule has 1 heterocycles. The number of anilines is 1. The maximum Gasteiger partial charge on any atom is 0.264 e. The van der Waals surface area contributed by atoms with E-state index in [1.165, 1.54) is 7.05 Å². The van der Waals surface area contributed by atoms with Crippen LogP contribution < -0.4 is 10.9 Å². The summed E-state index contributed by atoms with van der Waals surface area (Å²) in [5.74, 6) is -0.619. The molecule has 0 spiro atoms. The molecule has 9 heteroatoms. The van der Waals surface area contributed by atoms with Gasteiger partial charge in [-0.25, -0.2) is 4.98 Å². The van der Waals surface area contributed by atoms with Gasteiger partial charge < -0.3 is 15.2 Å². The minimum absolute atomic E-state index is 0.0981. The smallest absolute Gasteiger partial charge is 0.264 e. The first-order valence-corrected chi connectivity index (χ1v) is 9.28. The molecule has 0 atom stereocenters. The van der Waals surface area contributed by atoms with E-state index in [9.17, 15) is 14.4 Å². The van der Waals surface area contributed by atoms with Gasteiger partial charge in [0.15, 0.2) is 0 Å². The standard InChI is InChI=1S/C19H22Cl2N4O3/c1-10-14(16(27)24-18(22-10)19(2,3)4)17(28)25(5)9-13(26)23-15-11(20)7-6-8-12(15)21/h6-8H,9H2,1-5H3,(H,23,26)(H,22,24,27). The zero-order valence-electron chi connectivity index (χ0n) is 16.3. The molecular weight excluding hydrogens is 403 g/mol. The first-order valence-electron chi connectivity index (χ1n) is 8.52. The number of benzene rings is 1. The van der Waals surface area contributed by atoms with Crippen LogP contribution in [0, 0.1) is 6.92 Å². The molecule has 0 saturated carbocycles. The van der Waals surface area contributed by atoms with Crippen LogP contribution in [0.5, 0.6) is 0 Å². The number of hydrogen-bond acceptors (Lipinski definition) is 4. The Kier molecular flexibility index (Phi) is 6.52. The van der Waals surface area contributed by atoms with E-state index in [0.717, 1.165) is 4.90 Å². The number of halogens is 2. The number of nitrogens with zero attached hydrogens (tertiary/aromatic N) is 2. The fraction of sp³-hybridized carbons (Fsp3) is 0.368. The molecule has 0 radical (unpaired) electrons. The molecule has 0 saturated heterocycles. The third-order valence-electron chi connectivity index (χ3n) is 3.98. The van der Waals surface area contributed by atoms with Crippen molar-refractivity contribution in [3.63, 3.8) is 0 Å². The second kappa shape index (κ2) is 8.32. The Morgan fingerprint density at radius 2 is 1.79 bits per heavy atom. The summed E-state index contributed by atoms with van der Waals surface area (Å²) in [5.41, 5.74) is -0.434. The zero-order chi connectivity index (χ0) is 21.2. The number of aromatic amines is 1. The van der Waals surface area contributed by atoms with Crippen molar-refractivity contribution in [1.29, 1.82) is 0 Å². The van der Waals surface area contributed by atoms with Gasteiger partial charge in [-0.05, 0) is 19.1 Å². The molecule has 0 aliphatic carbocycles. The number of hydrogen-bond donors (Lipinski definition) is 2. The first kappa shape index (κ1) is 21.9. The fourth-order valence-electron chi connectivity index (χ4n) is 2.47. The number of carbonyl (C=O) groups excluding carboxylic acids is 2. The molecule has 0 aliphatic rings. The second-order valence-corrected chi connectivity index (χ2v) is 8.25. The highest BCUT2D eigenvalue weighted by molar-refractivity contribution is 6.39. The summed E-state index contributed by atoms with van der Waals surface area (Å²) in [5, 5.41) is 3.14. The van der Waals surface area contributed by atoms with Crippen molar-refractivity contribution in [2.45, 2.75) is 33.1 Å². The summed E-state index contributed by atoms with van der Waals surface area (Å²) in [7, 11) is 1.42. The van der Waals surface area contributed by atoms with E-state index in [2.05, 4.69) is 15.3 Å². The summed E-state index contributed by atoms with van der Waals surface area (Å²) in [4.78, 5) is 45.6. The third-order valence-corrected chi connectivity index (χ3v) is 4.61. The van der Waals surface area contributed by atoms with Gasteiger partial charge >= 0.3 is 0 Å². The van der Waals surface area contributed by atoms with Gasteiger partial charge in [0.1, 0.15) is 11.4 Å². The lowest BCUT2D eigenvalue weighted by Gasteiger charge is -2.20. The third kappa shape index (κ3) is 4.91. The van der Waals surface area contributed by atoms with Crippen LogP contribution in [0.25, 0.3) is 0 Å². The molecular formula is C19H22Cl2N4O3. The molecule has 1 aromatic heterocycles. The lowest BCUT2D eigenvalue weighted by molar-refractivity contribution is -0.116. The molecule has 2 amide bonds. The summed E-state index contributed by atoms with van der Waals surface area (Å²) in [6, 6.07) is 4.83. The molecule has 150 valence electrons. The van der Waals surface area contributed by atoms with E-state index >= 15 is 0 Å². The van der Waals surface area contributed by atoms with Crippen LogP contribution in [-0.2, 0) is 10.2 Å². The van der Waals surface area contributed by atoms with Crippen molar-refractivity contribution in [3.8, 4) is 0 Å². The average Bonchev–Trinajstić information content (AvgIpc) is 2.56. The number of nitrogens with one attached hydrogen (secondary N) is 2. The number of aromatic nitrogens is 2.